The zero-order chi connectivity index (χ0) is 19.2. The van der Waals surface area contributed by atoms with Gasteiger partial charge in [-0.05, 0) is 87.8 Å². The Morgan fingerprint density at radius 3 is 2.56 bits per heavy atom. The van der Waals surface area contributed by atoms with E-state index in [4.69, 9.17) is 10.2 Å². The zero-order valence-electron chi connectivity index (χ0n) is 16.1. The van der Waals surface area contributed by atoms with E-state index in [0.717, 1.165) is 41.0 Å². The number of nitrogens with zero attached hydrogens (tertiary/aromatic N) is 1. The van der Waals surface area contributed by atoms with Crippen molar-refractivity contribution in [3.05, 3.63) is 53.5 Å². The molecular formula is C22H26N2O2S. The summed E-state index contributed by atoms with van der Waals surface area (Å²) in [5.74, 6) is 0.445. The molecular weight excluding hydrogens is 356 g/mol. The lowest BCUT2D eigenvalue weighted by Crippen LogP contribution is -2.45. The number of rotatable bonds is 3. The quantitative estimate of drug-likeness (QED) is 0.626. The molecule has 0 unspecified atom stereocenters. The molecule has 1 aromatic carbocycles. The third-order valence-corrected chi connectivity index (χ3v) is 6.67. The van der Waals surface area contributed by atoms with Crippen LogP contribution < -0.4 is 5.73 Å². The fraction of sp³-hybridized carbons (Fsp3) is 0.409. The molecule has 0 radical (unpaired) electrons. The van der Waals surface area contributed by atoms with E-state index in [0.29, 0.717) is 17.0 Å². The summed E-state index contributed by atoms with van der Waals surface area (Å²) in [5.41, 5.74) is 9.15. The summed E-state index contributed by atoms with van der Waals surface area (Å²) in [6.07, 6.45) is 5.24. The van der Waals surface area contributed by atoms with Crippen LogP contribution in [0.15, 0.2) is 41.2 Å². The molecule has 3 aromatic rings. The first kappa shape index (κ1) is 18.3. The molecule has 4 nitrogen and oxygen atoms in total. The molecule has 0 bridgehead atoms. The van der Waals surface area contributed by atoms with Crippen LogP contribution in [0.2, 0.25) is 0 Å². The highest BCUT2D eigenvalue weighted by molar-refractivity contribution is 7.22. The number of hydrogen-bond donors (Lipinski definition) is 1. The number of hydrogen-bond acceptors (Lipinski definition) is 5. The van der Waals surface area contributed by atoms with Gasteiger partial charge >= 0.3 is 0 Å². The Labute approximate surface area is 164 Å². The first-order valence-electron chi connectivity index (χ1n) is 9.48. The van der Waals surface area contributed by atoms with Gasteiger partial charge in [0.2, 0.25) is 0 Å². The third kappa shape index (κ3) is 3.42. The van der Waals surface area contributed by atoms with Crippen molar-refractivity contribution in [1.82, 2.24) is 4.90 Å². The maximum Gasteiger partial charge on any atom is 0.196 e. The van der Waals surface area contributed by atoms with E-state index in [1.807, 2.05) is 18.2 Å². The van der Waals surface area contributed by atoms with E-state index in [1.54, 1.807) is 17.4 Å². The Kier molecular flexibility index (Phi) is 4.60. The smallest absolute Gasteiger partial charge is 0.196 e. The van der Waals surface area contributed by atoms with Gasteiger partial charge in [0.05, 0.1) is 16.8 Å². The van der Waals surface area contributed by atoms with Crippen LogP contribution in [0.25, 0.3) is 10.1 Å². The van der Waals surface area contributed by atoms with Gasteiger partial charge in [-0.1, -0.05) is 0 Å². The molecule has 0 aliphatic carbocycles. The largest absolute Gasteiger partial charge is 0.472 e. The Balaban J connectivity index is 1.66. The van der Waals surface area contributed by atoms with Crippen molar-refractivity contribution >= 4 is 32.2 Å². The molecule has 1 saturated heterocycles. The van der Waals surface area contributed by atoms with Gasteiger partial charge in [0, 0.05) is 15.8 Å². The highest BCUT2D eigenvalue weighted by Crippen LogP contribution is 2.43. The van der Waals surface area contributed by atoms with E-state index in [-0.39, 0.29) is 11.3 Å². The Hall–Kier alpha value is -2.11. The van der Waals surface area contributed by atoms with Crippen molar-refractivity contribution in [1.29, 1.82) is 0 Å². The van der Waals surface area contributed by atoms with Gasteiger partial charge in [-0.2, -0.15) is 0 Å². The summed E-state index contributed by atoms with van der Waals surface area (Å²) < 4.78 is 6.22. The van der Waals surface area contributed by atoms with Crippen molar-refractivity contribution < 1.29 is 9.21 Å². The molecule has 1 fully saturated rings. The Morgan fingerprint density at radius 2 is 1.93 bits per heavy atom. The molecule has 3 heterocycles. The molecule has 0 atom stereocenters. The minimum absolute atomic E-state index is 0.0103. The van der Waals surface area contributed by atoms with Crippen molar-refractivity contribution in [3.8, 4) is 0 Å². The highest BCUT2D eigenvalue weighted by atomic mass is 32.1. The molecule has 5 heteroatoms. The molecule has 2 aromatic heterocycles. The van der Waals surface area contributed by atoms with E-state index in [9.17, 15) is 4.79 Å². The third-order valence-electron chi connectivity index (χ3n) is 5.65. The van der Waals surface area contributed by atoms with Crippen molar-refractivity contribution in [2.24, 2.45) is 0 Å². The predicted octanol–water partition coefficient (Wildman–Crippen LogP) is 5.29. The van der Waals surface area contributed by atoms with Crippen molar-refractivity contribution in [3.63, 3.8) is 0 Å². The second-order valence-electron chi connectivity index (χ2n) is 8.36. The lowest BCUT2D eigenvalue weighted by Gasteiger charge is -2.41. The van der Waals surface area contributed by atoms with Gasteiger partial charge in [0.15, 0.2) is 5.78 Å². The first-order valence-corrected chi connectivity index (χ1v) is 10.3. The van der Waals surface area contributed by atoms with Crippen LogP contribution in [0.4, 0.5) is 5.00 Å². The predicted molar refractivity (Wildman–Crippen MR) is 112 cm³/mol. The lowest BCUT2D eigenvalue weighted by molar-refractivity contribution is 0.102. The van der Waals surface area contributed by atoms with Crippen LogP contribution in [-0.2, 0) is 0 Å². The summed E-state index contributed by atoms with van der Waals surface area (Å²) in [6, 6.07) is 7.64. The molecule has 0 amide bonds. The number of piperidine rings is 1. The molecule has 0 saturated carbocycles. The molecule has 0 spiro atoms. The van der Waals surface area contributed by atoms with Gasteiger partial charge in [-0.25, -0.2) is 0 Å². The topological polar surface area (TPSA) is 59.5 Å². The first-order chi connectivity index (χ1) is 12.8. The number of carbonyl (C=O) groups is 1. The SMILES string of the molecule is CC(C)(C)N1CCC(c2c(N)sc3ccc(C(=O)c4ccoc4)cc23)CC1. The van der Waals surface area contributed by atoms with Crippen molar-refractivity contribution in [2.45, 2.75) is 45.1 Å². The number of furan rings is 1. The lowest BCUT2D eigenvalue weighted by atomic mass is 9.86. The standard InChI is InChI=1S/C22H26N2O2S/c1-22(2,3)24-9-6-14(7-10-24)19-17-12-15(4-5-18(17)27-21(19)23)20(25)16-8-11-26-13-16/h4-5,8,11-14H,6-7,9-10,23H2,1-3H3. The number of benzene rings is 1. The number of carbonyl (C=O) groups excluding carboxylic acids is 1. The van der Waals surface area contributed by atoms with E-state index < -0.39 is 0 Å². The van der Waals surface area contributed by atoms with Crippen LogP contribution in [0.3, 0.4) is 0 Å². The highest BCUT2D eigenvalue weighted by Gasteiger charge is 2.30. The second-order valence-corrected chi connectivity index (χ2v) is 9.45. The number of anilines is 1. The summed E-state index contributed by atoms with van der Waals surface area (Å²) in [7, 11) is 0. The van der Waals surface area contributed by atoms with Crippen molar-refractivity contribution in [2.75, 3.05) is 18.8 Å². The van der Waals surface area contributed by atoms with Crippen LogP contribution in [0, 0.1) is 0 Å². The number of ketones is 1. The summed E-state index contributed by atoms with van der Waals surface area (Å²) in [4.78, 5) is 15.2. The average Bonchev–Trinajstić information content (AvgIpc) is 3.27. The fourth-order valence-electron chi connectivity index (χ4n) is 4.10. The fourth-order valence-corrected chi connectivity index (χ4v) is 5.14. The van der Waals surface area contributed by atoms with Gasteiger partial charge in [0.1, 0.15) is 6.26 Å². The zero-order valence-corrected chi connectivity index (χ0v) is 16.9. The van der Waals surface area contributed by atoms with Gasteiger partial charge in [-0.3, -0.25) is 9.69 Å². The van der Waals surface area contributed by atoms with E-state index >= 15 is 0 Å². The van der Waals surface area contributed by atoms with E-state index in [1.165, 1.54) is 18.1 Å². The summed E-state index contributed by atoms with van der Waals surface area (Å²) in [6.45, 7) is 8.98. The number of thiophene rings is 1. The normalized spacial score (nSPS) is 16.9. The average molecular weight is 383 g/mol. The molecule has 1 aliphatic heterocycles. The van der Waals surface area contributed by atoms with Crippen LogP contribution in [0.5, 0.6) is 0 Å². The maximum absolute atomic E-state index is 12.7. The van der Waals surface area contributed by atoms with Crippen LogP contribution in [0.1, 0.15) is 61.0 Å². The van der Waals surface area contributed by atoms with Gasteiger partial charge < -0.3 is 10.2 Å². The van der Waals surface area contributed by atoms with Crippen LogP contribution in [-0.4, -0.2) is 29.3 Å². The maximum atomic E-state index is 12.7. The Morgan fingerprint density at radius 1 is 1.19 bits per heavy atom. The molecule has 27 heavy (non-hydrogen) atoms. The second kappa shape index (κ2) is 6.80. The molecule has 1 aliphatic rings. The Bertz CT molecular complexity index is 958. The molecule has 142 valence electrons. The summed E-state index contributed by atoms with van der Waals surface area (Å²) in [5, 5.41) is 2.04. The van der Waals surface area contributed by atoms with Crippen LogP contribution >= 0.6 is 11.3 Å². The molecule has 4 rings (SSSR count). The van der Waals surface area contributed by atoms with Gasteiger partial charge in [-0.15, -0.1) is 11.3 Å². The number of fused-ring (bicyclic) bond motifs is 1. The molecule has 2 N–H and O–H groups in total. The minimum Gasteiger partial charge on any atom is -0.472 e. The minimum atomic E-state index is -0.0103. The monoisotopic (exact) mass is 382 g/mol. The number of likely N-dealkylation sites (tertiary alicyclic amines) is 1. The van der Waals surface area contributed by atoms with E-state index in [2.05, 4.69) is 25.7 Å². The number of nitrogen functional groups attached to an aromatic ring is 1. The number of nitrogens with two attached hydrogens (primary N) is 1. The summed E-state index contributed by atoms with van der Waals surface area (Å²) >= 11 is 1.63. The van der Waals surface area contributed by atoms with Gasteiger partial charge in [0.25, 0.3) is 0 Å².